The second-order valence-electron chi connectivity index (χ2n) is 6.25. The van der Waals surface area contributed by atoms with Crippen LogP contribution >= 0.6 is 0 Å². The minimum Gasteiger partial charge on any atom is -0.497 e. The lowest BCUT2D eigenvalue weighted by atomic mass is 10.2. The number of hydrogen-bond donors (Lipinski definition) is 1. The highest BCUT2D eigenvalue weighted by Crippen LogP contribution is 2.13. The molecule has 26 heavy (non-hydrogen) atoms. The number of methoxy groups -OCH3 is 1. The summed E-state index contributed by atoms with van der Waals surface area (Å²) in [5, 5.41) is 10.1. The third kappa shape index (κ3) is 6.75. The van der Waals surface area contributed by atoms with Gasteiger partial charge in [0.25, 0.3) is 0 Å². The lowest BCUT2D eigenvalue weighted by Gasteiger charge is -2.10. The summed E-state index contributed by atoms with van der Waals surface area (Å²) in [7, 11) is 0.412. The van der Waals surface area contributed by atoms with E-state index in [1.165, 1.54) is 0 Å². The van der Waals surface area contributed by atoms with Crippen molar-refractivity contribution >= 4 is 10.8 Å². The first kappa shape index (κ1) is 20.4. The highest BCUT2D eigenvalue weighted by molar-refractivity contribution is 7.85. The molecule has 2 rings (SSSR count). The predicted octanol–water partition coefficient (Wildman–Crippen LogP) is 3.64. The van der Waals surface area contributed by atoms with E-state index in [1.807, 2.05) is 62.4 Å². The molecule has 5 heteroatoms. The van der Waals surface area contributed by atoms with Gasteiger partial charge in [0.1, 0.15) is 5.75 Å². The van der Waals surface area contributed by atoms with Crippen LogP contribution in [0.15, 0.2) is 65.1 Å². The summed E-state index contributed by atoms with van der Waals surface area (Å²) in [6.07, 6.45) is 0.946. The lowest BCUT2D eigenvalue weighted by Crippen LogP contribution is -2.15. The second-order valence-corrected chi connectivity index (χ2v) is 7.74. The molecule has 0 fully saturated rings. The van der Waals surface area contributed by atoms with Gasteiger partial charge in [0, 0.05) is 4.90 Å². The standard InChI is InChI=1S/C21H26O4S/c1-16-4-10-21(11-5-16)26(23)15-19(22)12-17(2)13-25-14-18-6-8-20(24-3)9-7-18/h4-12,19,22H,13-15H2,1-3H3/b17-12-/t19-,26?/m1/s1. The first-order valence-electron chi connectivity index (χ1n) is 8.49. The quantitative estimate of drug-likeness (QED) is 0.681. The molecule has 140 valence electrons. The second kappa shape index (κ2) is 10.3. The van der Waals surface area contributed by atoms with E-state index in [-0.39, 0.29) is 5.75 Å². The number of aliphatic hydroxyl groups excluding tert-OH is 1. The molecule has 0 aromatic heterocycles. The Morgan fingerprint density at radius 1 is 1.15 bits per heavy atom. The van der Waals surface area contributed by atoms with Crippen molar-refractivity contribution in [1.82, 2.24) is 0 Å². The van der Waals surface area contributed by atoms with Crippen LogP contribution in [-0.2, 0) is 22.1 Å². The topological polar surface area (TPSA) is 55.8 Å². The zero-order valence-corrected chi connectivity index (χ0v) is 16.3. The molecule has 1 N–H and O–H groups in total. The number of benzene rings is 2. The van der Waals surface area contributed by atoms with Crippen LogP contribution in [0.3, 0.4) is 0 Å². The summed E-state index contributed by atoms with van der Waals surface area (Å²) in [4.78, 5) is 0.733. The fourth-order valence-electron chi connectivity index (χ4n) is 2.42. The Balaban J connectivity index is 1.78. The van der Waals surface area contributed by atoms with Crippen molar-refractivity contribution in [3.8, 4) is 5.75 Å². The van der Waals surface area contributed by atoms with Gasteiger partial charge in [-0.3, -0.25) is 4.21 Å². The Morgan fingerprint density at radius 3 is 2.42 bits per heavy atom. The Bertz CT molecular complexity index is 736. The molecule has 2 aromatic carbocycles. The summed E-state index contributed by atoms with van der Waals surface area (Å²) in [5.41, 5.74) is 3.09. The first-order chi connectivity index (χ1) is 12.5. The van der Waals surface area contributed by atoms with Crippen LogP contribution in [0, 0.1) is 6.92 Å². The average molecular weight is 375 g/mol. The number of hydrogen-bond acceptors (Lipinski definition) is 4. The third-order valence-electron chi connectivity index (χ3n) is 3.84. The molecule has 0 aliphatic heterocycles. The van der Waals surface area contributed by atoms with Crippen molar-refractivity contribution in [3.05, 3.63) is 71.3 Å². The first-order valence-corrected chi connectivity index (χ1v) is 9.81. The van der Waals surface area contributed by atoms with Crippen molar-refractivity contribution in [2.45, 2.75) is 31.5 Å². The summed E-state index contributed by atoms with van der Waals surface area (Å²) in [5.74, 6) is 0.994. The average Bonchev–Trinajstić information content (AvgIpc) is 2.62. The summed E-state index contributed by atoms with van der Waals surface area (Å²) < 4.78 is 23.1. The zero-order valence-electron chi connectivity index (χ0n) is 15.5. The molecule has 2 aromatic rings. The Hall–Kier alpha value is -1.95. The number of rotatable bonds is 9. The molecular formula is C21H26O4S. The maximum absolute atomic E-state index is 12.3. The fraction of sp³-hybridized carbons (Fsp3) is 0.333. The van der Waals surface area contributed by atoms with Gasteiger partial charge in [0.15, 0.2) is 0 Å². The van der Waals surface area contributed by atoms with Crippen LogP contribution in [0.1, 0.15) is 18.1 Å². The van der Waals surface area contributed by atoms with Crippen LogP contribution < -0.4 is 4.74 Å². The number of aryl methyl sites for hydroxylation is 1. The highest BCUT2D eigenvalue weighted by atomic mass is 32.2. The molecule has 4 nitrogen and oxygen atoms in total. The van der Waals surface area contributed by atoms with E-state index in [0.717, 1.165) is 27.3 Å². The smallest absolute Gasteiger partial charge is 0.118 e. The summed E-state index contributed by atoms with van der Waals surface area (Å²) >= 11 is 0. The Labute approximate surface area is 157 Å². The van der Waals surface area contributed by atoms with Crippen LogP contribution in [-0.4, -0.2) is 34.9 Å². The van der Waals surface area contributed by atoms with Gasteiger partial charge in [-0.25, -0.2) is 0 Å². The van der Waals surface area contributed by atoms with Gasteiger partial charge in [-0.05, 0) is 49.2 Å². The Morgan fingerprint density at radius 2 is 1.81 bits per heavy atom. The Kier molecular flexibility index (Phi) is 8.04. The SMILES string of the molecule is COc1ccc(COC/C(C)=C\[C@@H](O)CS(=O)c2ccc(C)cc2)cc1. The summed E-state index contributed by atoms with van der Waals surface area (Å²) in [6, 6.07) is 15.2. The van der Waals surface area contributed by atoms with Crippen LogP contribution in [0.25, 0.3) is 0 Å². The molecule has 0 aliphatic carbocycles. The van der Waals surface area contributed by atoms with Gasteiger partial charge >= 0.3 is 0 Å². The van der Waals surface area contributed by atoms with Crippen molar-refractivity contribution in [1.29, 1.82) is 0 Å². The largest absolute Gasteiger partial charge is 0.497 e. The van der Waals surface area contributed by atoms with Crippen LogP contribution in [0.2, 0.25) is 0 Å². The van der Waals surface area contributed by atoms with Crippen molar-refractivity contribution in [2.75, 3.05) is 19.5 Å². The van der Waals surface area contributed by atoms with Gasteiger partial charge in [0.05, 0.1) is 43.0 Å². The van der Waals surface area contributed by atoms with Gasteiger partial charge in [-0.2, -0.15) is 0 Å². The zero-order chi connectivity index (χ0) is 18.9. The number of aliphatic hydroxyl groups is 1. The lowest BCUT2D eigenvalue weighted by molar-refractivity contribution is 0.141. The van der Waals surface area contributed by atoms with E-state index in [0.29, 0.717) is 13.2 Å². The molecule has 0 radical (unpaired) electrons. The summed E-state index contributed by atoms with van der Waals surface area (Å²) in [6.45, 7) is 4.78. The van der Waals surface area contributed by atoms with E-state index >= 15 is 0 Å². The van der Waals surface area contributed by atoms with Crippen molar-refractivity contribution < 1.29 is 18.8 Å². The molecule has 2 atom stereocenters. The fourth-order valence-corrected chi connectivity index (χ4v) is 3.46. The molecular weight excluding hydrogens is 348 g/mol. The molecule has 0 amide bonds. The van der Waals surface area contributed by atoms with Gasteiger partial charge < -0.3 is 14.6 Å². The van der Waals surface area contributed by atoms with E-state index in [2.05, 4.69) is 0 Å². The molecule has 0 bridgehead atoms. The molecule has 0 aliphatic rings. The maximum atomic E-state index is 12.3. The molecule has 0 saturated carbocycles. The van der Waals surface area contributed by atoms with E-state index < -0.39 is 16.9 Å². The third-order valence-corrected chi connectivity index (χ3v) is 5.28. The van der Waals surface area contributed by atoms with Crippen LogP contribution in [0.5, 0.6) is 5.75 Å². The number of ether oxygens (including phenoxy) is 2. The predicted molar refractivity (Wildman–Crippen MR) is 105 cm³/mol. The highest BCUT2D eigenvalue weighted by Gasteiger charge is 2.10. The van der Waals surface area contributed by atoms with E-state index in [1.54, 1.807) is 13.2 Å². The molecule has 0 heterocycles. The minimum atomic E-state index is -1.22. The molecule has 0 spiro atoms. The minimum absolute atomic E-state index is 0.179. The van der Waals surface area contributed by atoms with E-state index in [9.17, 15) is 9.32 Å². The maximum Gasteiger partial charge on any atom is 0.118 e. The molecule has 1 unspecified atom stereocenters. The van der Waals surface area contributed by atoms with Crippen molar-refractivity contribution in [3.63, 3.8) is 0 Å². The van der Waals surface area contributed by atoms with Gasteiger partial charge in [0.2, 0.25) is 0 Å². The van der Waals surface area contributed by atoms with Crippen LogP contribution in [0.4, 0.5) is 0 Å². The molecule has 0 saturated heterocycles. The monoisotopic (exact) mass is 374 g/mol. The van der Waals surface area contributed by atoms with E-state index in [4.69, 9.17) is 9.47 Å². The van der Waals surface area contributed by atoms with Gasteiger partial charge in [-0.1, -0.05) is 35.9 Å². The van der Waals surface area contributed by atoms with Gasteiger partial charge in [-0.15, -0.1) is 0 Å². The van der Waals surface area contributed by atoms with Crippen molar-refractivity contribution in [2.24, 2.45) is 0 Å². The normalized spacial score (nSPS) is 14.1.